The summed E-state index contributed by atoms with van der Waals surface area (Å²) in [5, 5.41) is 3.32. The maximum Gasteiger partial charge on any atom is 0.00884 e. The van der Waals surface area contributed by atoms with Gasteiger partial charge < -0.3 is 10.2 Å². The topological polar surface area (TPSA) is 15.3 Å². The monoisotopic (exact) mass is 155 g/mol. The molecule has 0 aliphatic carbocycles. The molecule has 0 aromatic rings. The maximum atomic E-state index is 3.86. The molecule has 1 aliphatic rings. The van der Waals surface area contributed by atoms with Crippen LogP contribution in [-0.2, 0) is 0 Å². The van der Waals surface area contributed by atoms with Crippen molar-refractivity contribution in [2.75, 3.05) is 26.7 Å². The molecule has 1 aliphatic heterocycles. The number of nitrogens with one attached hydrogen (secondary N) is 1. The van der Waals surface area contributed by atoms with Gasteiger partial charge in [0.05, 0.1) is 0 Å². The SMILES string of the molecule is [CH2]CCN1CCC(NC)CC1. The zero-order valence-electron chi connectivity index (χ0n) is 7.47. The third kappa shape index (κ3) is 2.80. The molecule has 1 N–H and O–H groups in total. The molecule has 2 nitrogen and oxygen atoms in total. The van der Waals surface area contributed by atoms with Crippen LogP contribution in [0.4, 0.5) is 0 Å². The molecule has 1 heterocycles. The first-order valence-corrected chi connectivity index (χ1v) is 4.55. The van der Waals surface area contributed by atoms with Crippen LogP contribution >= 0.6 is 0 Å². The molecule has 1 saturated heterocycles. The summed E-state index contributed by atoms with van der Waals surface area (Å²) < 4.78 is 0. The standard InChI is InChI=1S/C9H19N2/c1-3-6-11-7-4-9(10-2)5-8-11/h9-10H,1,3-8H2,2H3. The normalized spacial score (nSPS) is 22.4. The quantitative estimate of drug-likeness (QED) is 0.651. The highest BCUT2D eigenvalue weighted by Crippen LogP contribution is 2.09. The largest absolute Gasteiger partial charge is 0.317 e. The number of piperidine rings is 1. The molecule has 0 bridgehead atoms. The summed E-state index contributed by atoms with van der Waals surface area (Å²) in [7, 11) is 2.06. The van der Waals surface area contributed by atoms with Gasteiger partial charge in [-0.1, -0.05) is 6.92 Å². The second-order valence-corrected chi connectivity index (χ2v) is 3.26. The Kier molecular flexibility index (Phi) is 3.87. The van der Waals surface area contributed by atoms with Gasteiger partial charge in [-0.25, -0.2) is 0 Å². The van der Waals surface area contributed by atoms with E-state index >= 15 is 0 Å². The van der Waals surface area contributed by atoms with Crippen LogP contribution in [0.15, 0.2) is 0 Å². The van der Waals surface area contributed by atoms with E-state index in [0.717, 1.165) is 12.5 Å². The lowest BCUT2D eigenvalue weighted by molar-refractivity contribution is 0.205. The van der Waals surface area contributed by atoms with Crippen molar-refractivity contribution in [2.45, 2.75) is 25.3 Å². The second kappa shape index (κ2) is 4.73. The summed E-state index contributed by atoms with van der Waals surface area (Å²) in [6, 6.07) is 0.760. The molecule has 0 saturated carbocycles. The smallest absolute Gasteiger partial charge is 0.00884 e. The fraction of sp³-hybridized carbons (Fsp3) is 0.889. The van der Waals surface area contributed by atoms with E-state index < -0.39 is 0 Å². The summed E-state index contributed by atoms with van der Waals surface area (Å²) in [6.07, 6.45) is 3.65. The Morgan fingerprint density at radius 3 is 2.55 bits per heavy atom. The Hall–Kier alpha value is -0.0800. The maximum absolute atomic E-state index is 3.86. The molecule has 0 aromatic carbocycles. The first-order valence-electron chi connectivity index (χ1n) is 4.55. The summed E-state index contributed by atoms with van der Waals surface area (Å²) >= 11 is 0. The van der Waals surface area contributed by atoms with E-state index in [-0.39, 0.29) is 0 Å². The zero-order chi connectivity index (χ0) is 8.10. The van der Waals surface area contributed by atoms with Gasteiger partial charge in [0, 0.05) is 6.04 Å². The highest BCUT2D eigenvalue weighted by atomic mass is 15.1. The average molecular weight is 155 g/mol. The van der Waals surface area contributed by atoms with Crippen LogP contribution < -0.4 is 5.32 Å². The van der Waals surface area contributed by atoms with E-state index in [2.05, 4.69) is 24.2 Å². The lowest BCUT2D eigenvalue weighted by Gasteiger charge is -2.31. The second-order valence-electron chi connectivity index (χ2n) is 3.26. The van der Waals surface area contributed by atoms with Crippen molar-refractivity contribution in [2.24, 2.45) is 0 Å². The lowest BCUT2D eigenvalue weighted by atomic mass is 10.1. The van der Waals surface area contributed by atoms with E-state index in [1.165, 1.54) is 32.5 Å². The van der Waals surface area contributed by atoms with Crippen molar-refractivity contribution in [1.29, 1.82) is 0 Å². The Labute approximate surface area is 70.0 Å². The van der Waals surface area contributed by atoms with Gasteiger partial charge in [0.15, 0.2) is 0 Å². The van der Waals surface area contributed by atoms with E-state index in [1.807, 2.05) is 0 Å². The van der Waals surface area contributed by atoms with Gasteiger partial charge in [0.1, 0.15) is 0 Å². The number of hydrogen-bond acceptors (Lipinski definition) is 2. The van der Waals surface area contributed by atoms with Gasteiger partial charge in [0.25, 0.3) is 0 Å². The van der Waals surface area contributed by atoms with Gasteiger partial charge in [-0.15, -0.1) is 0 Å². The molecule has 11 heavy (non-hydrogen) atoms. The fourth-order valence-corrected chi connectivity index (χ4v) is 1.67. The zero-order valence-corrected chi connectivity index (χ0v) is 7.47. The molecular formula is C9H19N2. The Balaban J connectivity index is 2.14. The molecule has 0 aromatic heterocycles. The highest BCUT2D eigenvalue weighted by Gasteiger charge is 2.15. The molecule has 1 fully saturated rings. The van der Waals surface area contributed by atoms with Gasteiger partial charge in [-0.2, -0.15) is 0 Å². The third-order valence-electron chi connectivity index (χ3n) is 2.47. The summed E-state index contributed by atoms with van der Waals surface area (Å²) in [5.41, 5.74) is 0. The molecule has 0 unspecified atom stereocenters. The van der Waals surface area contributed by atoms with E-state index in [0.29, 0.717) is 0 Å². The van der Waals surface area contributed by atoms with Crippen LogP contribution in [0.2, 0.25) is 0 Å². The predicted octanol–water partition coefficient (Wildman–Crippen LogP) is 0.894. The van der Waals surface area contributed by atoms with Crippen LogP contribution in [0.3, 0.4) is 0 Å². The van der Waals surface area contributed by atoms with Crippen molar-refractivity contribution < 1.29 is 0 Å². The number of likely N-dealkylation sites (tertiary alicyclic amines) is 1. The molecule has 1 rings (SSSR count). The van der Waals surface area contributed by atoms with Gasteiger partial charge >= 0.3 is 0 Å². The van der Waals surface area contributed by atoms with Crippen molar-refractivity contribution in [1.82, 2.24) is 10.2 Å². The molecule has 0 amide bonds. The minimum atomic E-state index is 0.760. The number of hydrogen-bond donors (Lipinski definition) is 1. The van der Waals surface area contributed by atoms with Crippen LogP contribution in [0, 0.1) is 6.92 Å². The molecule has 1 radical (unpaired) electrons. The average Bonchev–Trinajstić information content (AvgIpc) is 2.07. The van der Waals surface area contributed by atoms with E-state index in [1.54, 1.807) is 0 Å². The summed E-state index contributed by atoms with van der Waals surface area (Å²) in [4.78, 5) is 2.50. The summed E-state index contributed by atoms with van der Waals surface area (Å²) in [6.45, 7) is 7.54. The summed E-state index contributed by atoms with van der Waals surface area (Å²) in [5.74, 6) is 0. The van der Waals surface area contributed by atoms with Gasteiger partial charge in [-0.3, -0.25) is 0 Å². The van der Waals surface area contributed by atoms with Crippen LogP contribution in [-0.4, -0.2) is 37.6 Å². The van der Waals surface area contributed by atoms with Crippen LogP contribution in [0.25, 0.3) is 0 Å². The van der Waals surface area contributed by atoms with E-state index in [4.69, 9.17) is 0 Å². The Morgan fingerprint density at radius 2 is 2.09 bits per heavy atom. The van der Waals surface area contributed by atoms with Crippen LogP contribution in [0.1, 0.15) is 19.3 Å². The molecule has 0 atom stereocenters. The minimum Gasteiger partial charge on any atom is -0.317 e. The van der Waals surface area contributed by atoms with Crippen LogP contribution in [0.5, 0.6) is 0 Å². The fourth-order valence-electron chi connectivity index (χ4n) is 1.67. The first-order chi connectivity index (χ1) is 5.36. The first kappa shape index (κ1) is 9.01. The minimum absolute atomic E-state index is 0.760. The number of nitrogens with zero attached hydrogens (tertiary/aromatic N) is 1. The lowest BCUT2D eigenvalue weighted by Crippen LogP contribution is -2.41. The van der Waals surface area contributed by atoms with E-state index in [9.17, 15) is 0 Å². The van der Waals surface area contributed by atoms with Crippen molar-refractivity contribution in [3.63, 3.8) is 0 Å². The van der Waals surface area contributed by atoms with Crippen molar-refractivity contribution >= 4 is 0 Å². The van der Waals surface area contributed by atoms with Gasteiger partial charge in [0.2, 0.25) is 0 Å². The van der Waals surface area contributed by atoms with Crippen molar-refractivity contribution in [3.05, 3.63) is 6.92 Å². The molecule has 0 spiro atoms. The Morgan fingerprint density at radius 1 is 1.45 bits per heavy atom. The predicted molar refractivity (Wildman–Crippen MR) is 48.5 cm³/mol. The van der Waals surface area contributed by atoms with Crippen molar-refractivity contribution in [3.8, 4) is 0 Å². The number of rotatable bonds is 3. The highest BCUT2D eigenvalue weighted by molar-refractivity contribution is 4.75. The van der Waals surface area contributed by atoms with Gasteiger partial charge in [-0.05, 0) is 45.9 Å². The molecule has 65 valence electrons. The molecule has 2 heteroatoms. The Bertz CT molecular complexity index is 95.7. The molecular weight excluding hydrogens is 136 g/mol. The third-order valence-corrected chi connectivity index (χ3v) is 2.47.